The van der Waals surface area contributed by atoms with E-state index in [-0.39, 0.29) is 24.8 Å². The van der Waals surface area contributed by atoms with E-state index in [2.05, 4.69) is 120 Å². The first-order valence-electron chi connectivity index (χ1n) is 14.4. The zero-order valence-electron chi connectivity index (χ0n) is 25.1. The number of fused-ring (bicyclic) bond motifs is 3. The van der Waals surface area contributed by atoms with Gasteiger partial charge in [-0.3, -0.25) is 0 Å². The summed E-state index contributed by atoms with van der Waals surface area (Å²) < 4.78 is 7.45. The molecule has 1 unspecified atom stereocenters. The Hall–Kier alpha value is -1.64. The number of allylic oxidation sites excluding steroid dienone is 4. The molecule has 4 aromatic carbocycles. The molecule has 0 fully saturated rings. The van der Waals surface area contributed by atoms with E-state index in [1.165, 1.54) is 33.4 Å². The molecule has 6 rings (SSSR count). The van der Waals surface area contributed by atoms with E-state index in [0.29, 0.717) is 9.54 Å². The minimum Gasteiger partial charge on any atom is -1.00 e. The quantitative estimate of drug-likeness (QED) is 0.262. The van der Waals surface area contributed by atoms with Gasteiger partial charge in [-0.25, -0.2) is 0 Å². The molecule has 0 heterocycles. The Bertz CT molecular complexity index is 1730. The number of hydrogen-bond acceptors (Lipinski definition) is 0. The minimum absolute atomic E-state index is 0. The second kappa shape index (κ2) is 13.4. The van der Waals surface area contributed by atoms with Gasteiger partial charge in [0, 0.05) is 0 Å². The van der Waals surface area contributed by atoms with Crippen molar-refractivity contribution in [3.63, 3.8) is 0 Å². The molecule has 1 atom stereocenters. The van der Waals surface area contributed by atoms with Crippen molar-refractivity contribution in [3.05, 3.63) is 149 Å². The second-order valence-corrected chi connectivity index (χ2v) is 27.3. The normalized spacial score (nSPS) is 15.3. The van der Waals surface area contributed by atoms with Crippen LogP contribution in [0.1, 0.15) is 39.7 Å². The Morgan fingerprint density at radius 1 is 0.651 bits per heavy atom. The molecule has 2 aliphatic rings. The largest absolute Gasteiger partial charge is 1.00 e. The van der Waals surface area contributed by atoms with E-state index in [4.69, 9.17) is 23.2 Å². The average molecular weight is 742 g/mol. The maximum Gasteiger partial charge on any atom is -1.00 e. The van der Waals surface area contributed by atoms with E-state index in [1.54, 1.807) is 14.1 Å². The van der Waals surface area contributed by atoms with Gasteiger partial charge in [-0.05, 0) is 0 Å². The van der Waals surface area contributed by atoms with Crippen molar-refractivity contribution in [1.29, 1.82) is 0 Å². The summed E-state index contributed by atoms with van der Waals surface area (Å²) in [6.45, 7) is 12.3. The fourth-order valence-electron chi connectivity index (χ4n) is 7.34. The van der Waals surface area contributed by atoms with Crippen LogP contribution >= 0.6 is 23.2 Å². The van der Waals surface area contributed by atoms with Gasteiger partial charge in [-0.1, -0.05) is 0 Å². The van der Waals surface area contributed by atoms with Gasteiger partial charge in [-0.2, -0.15) is 0 Å². The van der Waals surface area contributed by atoms with Crippen LogP contribution in [0.4, 0.5) is 0 Å². The van der Waals surface area contributed by atoms with Crippen LogP contribution in [0.25, 0.3) is 11.1 Å². The third-order valence-corrected chi connectivity index (χ3v) is 23.7. The molecule has 6 heteroatoms. The van der Waals surface area contributed by atoms with E-state index in [0.717, 1.165) is 10.0 Å². The van der Waals surface area contributed by atoms with Crippen molar-refractivity contribution in [2.24, 2.45) is 5.92 Å². The van der Waals surface area contributed by atoms with Gasteiger partial charge in [-0.15, -0.1) is 0 Å². The van der Waals surface area contributed by atoms with Gasteiger partial charge in [0.15, 0.2) is 0 Å². The fraction of sp³-hybridized carbons (Fsp3) is 0.189. The SMILES string of the molecule is CC1=[C]([Zr+2](=[CH]c2ccc(Cl)cc2)(=[CH]c2ccc(Cl)cc2)[CH]2c3ccccc3-c3ccccc32)C(C)C=C1[Si](C)(C)C.[Cl-].[Cl-]. The van der Waals surface area contributed by atoms with Crippen LogP contribution in [-0.2, 0) is 19.3 Å². The van der Waals surface area contributed by atoms with Gasteiger partial charge in [0.05, 0.1) is 0 Å². The molecule has 0 radical (unpaired) electrons. The topological polar surface area (TPSA) is 0 Å². The van der Waals surface area contributed by atoms with Gasteiger partial charge >= 0.3 is 262 Å². The zero-order chi connectivity index (χ0) is 28.9. The molecule has 2 aliphatic carbocycles. The third-order valence-electron chi connectivity index (χ3n) is 8.82. The van der Waals surface area contributed by atoms with Crippen molar-refractivity contribution in [2.45, 2.75) is 37.1 Å². The molecule has 0 saturated heterocycles. The van der Waals surface area contributed by atoms with Crippen molar-refractivity contribution in [1.82, 2.24) is 0 Å². The summed E-state index contributed by atoms with van der Waals surface area (Å²) in [5, 5.41) is 3.16. The minimum atomic E-state index is -3.82. The third kappa shape index (κ3) is 6.40. The molecular formula is C37H36Cl4SiZr. The summed E-state index contributed by atoms with van der Waals surface area (Å²) in [7, 11) is -1.56. The molecule has 220 valence electrons. The van der Waals surface area contributed by atoms with Crippen LogP contribution in [0.15, 0.2) is 117 Å². The first-order chi connectivity index (χ1) is 19.6. The number of halogens is 4. The second-order valence-electron chi connectivity index (χ2n) is 12.6. The van der Waals surface area contributed by atoms with Gasteiger partial charge in [0.1, 0.15) is 0 Å². The Balaban J connectivity index is 0.00000212. The van der Waals surface area contributed by atoms with Crippen LogP contribution in [-0.4, -0.2) is 15.5 Å². The number of rotatable bonds is 5. The Kier molecular flexibility index (Phi) is 10.7. The number of hydrogen-bond donors (Lipinski definition) is 0. The summed E-state index contributed by atoms with van der Waals surface area (Å²) in [4.78, 5) is 0. The van der Waals surface area contributed by atoms with Crippen molar-refractivity contribution in [2.75, 3.05) is 0 Å². The Morgan fingerprint density at radius 3 is 1.47 bits per heavy atom. The Morgan fingerprint density at radius 2 is 1.07 bits per heavy atom. The predicted molar refractivity (Wildman–Crippen MR) is 180 cm³/mol. The molecule has 0 N–H and O–H groups in total. The molecule has 0 spiro atoms. The summed E-state index contributed by atoms with van der Waals surface area (Å²) >= 11 is 8.98. The summed E-state index contributed by atoms with van der Waals surface area (Å²) in [6, 6.07) is 35.2. The molecule has 0 amide bonds. The number of benzene rings is 4. The van der Waals surface area contributed by atoms with Crippen LogP contribution in [0.3, 0.4) is 0 Å². The van der Waals surface area contributed by atoms with Crippen LogP contribution in [0.2, 0.25) is 29.7 Å². The van der Waals surface area contributed by atoms with Gasteiger partial charge < -0.3 is 24.8 Å². The first kappa shape index (κ1) is 34.2. The van der Waals surface area contributed by atoms with E-state index >= 15 is 0 Å². The molecule has 0 aliphatic heterocycles. The molecule has 0 aromatic heterocycles. The molecule has 0 nitrogen and oxygen atoms in total. The van der Waals surface area contributed by atoms with Crippen LogP contribution in [0, 0.1) is 5.92 Å². The summed E-state index contributed by atoms with van der Waals surface area (Å²) in [6.07, 6.45) is 2.61. The maximum absolute atomic E-state index is 6.40. The first-order valence-corrected chi connectivity index (χ1v) is 24.2. The van der Waals surface area contributed by atoms with E-state index < -0.39 is 27.4 Å². The maximum atomic E-state index is 6.40. The van der Waals surface area contributed by atoms with Crippen LogP contribution < -0.4 is 24.8 Å². The van der Waals surface area contributed by atoms with Crippen LogP contribution in [0.5, 0.6) is 0 Å². The predicted octanol–water partition coefficient (Wildman–Crippen LogP) is 4.65. The van der Waals surface area contributed by atoms with Crippen molar-refractivity contribution < 1.29 is 44.1 Å². The van der Waals surface area contributed by atoms with E-state index in [1.807, 2.05) is 24.3 Å². The zero-order valence-corrected chi connectivity index (χ0v) is 31.6. The smallest absolute Gasteiger partial charge is 1.00 e. The summed E-state index contributed by atoms with van der Waals surface area (Å²) in [5.41, 5.74) is 9.75. The summed E-state index contributed by atoms with van der Waals surface area (Å²) in [5.74, 6) is 0.388. The van der Waals surface area contributed by atoms with Gasteiger partial charge in [0.25, 0.3) is 0 Å². The standard InChI is InChI=1S/C13H9.C10H17Si.2C7H5Cl.2ClH.Zr/c1-3-7-12-10(5-1)9-11-6-2-4-8-13(11)12;1-8-6-9(2)10(7-8)11(3,4)5;2*1-6-2-4-7(8)5-3-6;;;/h1-9H;7-8H,1-5H3;2*1-5H;2*1H;/q;;;;;;+2/p-2. The monoisotopic (exact) mass is 738 g/mol. The average Bonchev–Trinajstić information content (AvgIpc) is 3.45. The molecule has 4 aromatic rings. The fourth-order valence-corrected chi connectivity index (χ4v) is 24.0. The molecule has 0 saturated carbocycles. The molecular weight excluding hydrogens is 706 g/mol. The molecule has 0 bridgehead atoms. The molecule has 43 heavy (non-hydrogen) atoms. The Labute approximate surface area is 284 Å². The van der Waals surface area contributed by atoms with E-state index in [9.17, 15) is 0 Å². The van der Waals surface area contributed by atoms with Crippen molar-refractivity contribution in [3.8, 4) is 11.1 Å². The van der Waals surface area contributed by atoms with Gasteiger partial charge in [0.2, 0.25) is 0 Å². The van der Waals surface area contributed by atoms with Crippen molar-refractivity contribution >= 4 is 38.7 Å².